The fourth-order valence-electron chi connectivity index (χ4n) is 1.95. The Morgan fingerprint density at radius 1 is 1.17 bits per heavy atom. The van der Waals surface area contributed by atoms with Crippen molar-refractivity contribution in [3.8, 4) is 0 Å². The van der Waals surface area contributed by atoms with E-state index >= 15 is 0 Å². The van der Waals surface area contributed by atoms with Crippen LogP contribution >= 0.6 is 15.9 Å². The predicted molar refractivity (Wildman–Crippen MR) is 74.0 cm³/mol. The van der Waals surface area contributed by atoms with Gasteiger partial charge in [0.25, 0.3) is 0 Å². The molecule has 0 aliphatic heterocycles. The lowest BCUT2D eigenvalue weighted by Gasteiger charge is -2.40. The summed E-state index contributed by atoms with van der Waals surface area (Å²) >= 11 is 3.60. The van der Waals surface area contributed by atoms with Crippen LogP contribution in [0.2, 0.25) is 0 Å². The van der Waals surface area contributed by atoms with E-state index in [0.29, 0.717) is 24.6 Å². The van der Waals surface area contributed by atoms with E-state index < -0.39 is 0 Å². The predicted octanol–water partition coefficient (Wildman–Crippen LogP) is 2.77. The molecule has 0 aromatic heterocycles. The van der Waals surface area contributed by atoms with Crippen LogP contribution in [0.15, 0.2) is 30.3 Å². The van der Waals surface area contributed by atoms with Gasteiger partial charge in [0.05, 0.1) is 32.0 Å². The van der Waals surface area contributed by atoms with E-state index in [2.05, 4.69) is 28.1 Å². The van der Waals surface area contributed by atoms with E-state index in [1.807, 2.05) is 18.2 Å². The second kappa shape index (κ2) is 7.24. The van der Waals surface area contributed by atoms with Gasteiger partial charge in [0.2, 0.25) is 0 Å². The molecule has 4 heteroatoms. The van der Waals surface area contributed by atoms with Crippen molar-refractivity contribution in [1.29, 1.82) is 0 Å². The highest BCUT2D eigenvalue weighted by Gasteiger charge is 2.41. The van der Waals surface area contributed by atoms with E-state index in [1.54, 1.807) is 7.11 Å². The SMILES string of the molecule is COCCOC1C(Br)CC1OCc1ccccc1. The standard InChI is InChI=1S/C14H19BrO3/c1-16-7-8-17-14-12(15)9-13(14)18-10-11-5-3-2-4-6-11/h2-6,12-14H,7-10H2,1H3. The molecule has 3 atom stereocenters. The Labute approximate surface area is 117 Å². The number of ether oxygens (including phenoxy) is 3. The number of methoxy groups -OCH3 is 1. The number of benzene rings is 1. The number of halogens is 1. The molecule has 0 radical (unpaired) electrons. The van der Waals surface area contributed by atoms with Gasteiger partial charge in [-0.3, -0.25) is 0 Å². The molecule has 2 rings (SSSR count). The van der Waals surface area contributed by atoms with Crippen molar-refractivity contribution in [2.24, 2.45) is 0 Å². The average Bonchev–Trinajstić information content (AvgIpc) is 2.40. The molecule has 3 unspecified atom stereocenters. The third-order valence-electron chi connectivity index (χ3n) is 3.09. The Balaban J connectivity index is 1.72. The van der Waals surface area contributed by atoms with Crippen LogP contribution in [0.1, 0.15) is 12.0 Å². The smallest absolute Gasteiger partial charge is 0.0963 e. The second-order valence-corrected chi connectivity index (χ2v) is 5.59. The highest BCUT2D eigenvalue weighted by atomic mass is 79.9. The van der Waals surface area contributed by atoms with Crippen LogP contribution in [0.5, 0.6) is 0 Å². The van der Waals surface area contributed by atoms with Crippen LogP contribution in [0.25, 0.3) is 0 Å². The number of alkyl halides is 1. The van der Waals surface area contributed by atoms with Crippen LogP contribution in [0.3, 0.4) is 0 Å². The summed E-state index contributed by atoms with van der Waals surface area (Å²) in [6, 6.07) is 10.2. The normalized spacial score (nSPS) is 26.9. The van der Waals surface area contributed by atoms with Crippen molar-refractivity contribution in [2.45, 2.75) is 30.1 Å². The van der Waals surface area contributed by atoms with Crippen LogP contribution in [0, 0.1) is 0 Å². The summed E-state index contributed by atoms with van der Waals surface area (Å²) < 4.78 is 16.6. The van der Waals surface area contributed by atoms with Crippen molar-refractivity contribution in [3.63, 3.8) is 0 Å². The van der Waals surface area contributed by atoms with Crippen LogP contribution < -0.4 is 0 Å². The minimum Gasteiger partial charge on any atom is -0.382 e. The quantitative estimate of drug-likeness (QED) is 0.572. The Morgan fingerprint density at radius 2 is 1.94 bits per heavy atom. The van der Waals surface area contributed by atoms with Gasteiger partial charge in [0.15, 0.2) is 0 Å². The Hall–Kier alpha value is -0.420. The molecule has 18 heavy (non-hydrogen) atoms. The molecule has 1 fully saturated rings. The Kier molecular flexibility index (Phi) is 5.63. The van der Waals surface area contributed by atoms with Gasteiger partial charge in [-0.05, 0) is 12.0 Å². The first-order valence-corrected chi connectivity index (χ1v) is 7.13. The lowest BCUT2D eigenvalue weighted by molar-refractivity contribution is -0.132. The molecule has 100 valence electrons. The van der Waals surface area contributed by atoms with Gasteiger partial charge in [-0.2, -0.15) is 0 Å². The summed E-state index contributed by atoms with van der Waals surface area (Å²) in [5.41, 5.74) is 1.20. The minimum atomic E-state index is 0.142. The highest BCUT2D eigenvalue weighted by molar-refractivity contribution is 9.09. The van der Waals surface area contributed by atoms with E-state index in [9.17, 15) is 0 Å². The Morgan fingerprint density at radius 3 is 2.61 bits per heavy atom. The maximum atomic E-state index is 5.88. The zero-order valence-corrected chi connectivity index (χ0v) is 12.1. The van der Waals surface area contributed by atoms with Gasteiger partial charge < -0.3 is 14.2 Å². The van der Waals surface area contributed by atoms with E-state index in [-0.39, 0.29) is 12.2 Å². The first kappa shape index (κ1) is 14.0. The second-order valence-electron chi connectivity index (χ2n) is 4.41. The molecular formula is C14H19BrO3. The molecule has 0 amide bonds. The number of hydrogen-bond acceptors (Lipinski definition) is 3. The maximum absolute atomic E-state index is 5.88. The van der Waals surface area contributed by atoms with Crippen LogP contribution in [-0.4, -0.2) is 37.4 Å². The summed E-state index contributed by atoms with van der Waals surface area (Å²) in [5.74, 6) is 0. The number of hydrogen-bond donors (Lipinski definition) is 0. The Bertz CT molecular complexity index is 344. The molecule has 0 spiro atoms. The largest absolute Gasteiger partial charge is 0.382 e. The van der Waals surface area contributed by atoms with Crippen molar-refractivity contribution < 1.29 is 14.2 Å². The van der Waals surface area contributed by atoms with Crippen molar-refractivity contribution in [3.05, 3.63) is 35.9 Å². The molecule has 0 saturated heterocycles. The molecule has 0 bridgehead atoms. The molecule has 1 aromatic rings. The zero-order valence-electron chi connectivity index (χ0n) is 10.5. The minimum absolute atomic E-state index is 0.142. The van der Waals surface area contributed by atoms with Gasteiger partial charge >= 0.3 is 0 Å². The average molecular weight is 315 g/mol. The third kappa shape index (κ3) is 3.79. The molecule has 1 aromatic carbocycles. The lowest BCUT2D eigenvalue weighted by Crippen LogP contribution is -2.51. The molecule has 1 aliphatic carbocycles. The van der Waals surface area contributed by atoms with Gasteiger partial charge in [0.1, 0.15) is 0 Å². The molecule has 0 heterocycles. The summed E-state index contributed by atoms with van der Waals surface area (Å²) in [5, 5.41) is 0. The lowest BCUT2D eigenvalue weighted by atomic mass is 9.91. The van der Waals surface area contributed by atoms with E-state index in [1.165, 1.54) is 5.56 Å². The molecule has 1 saturated carbocycles. The first-order valence-electron chi connectivity index (χ1n) is 6.21. The summed E-state index contributed by atoms with van der Waals surface area (Å²) in [4.78, 5) is 0.398. The molecule has 1 aliphatic rings. The number of rotatable bonds is 7. The summed E-state index contributed by atoms with van der Waals surface area (Å²) in [6.07, 6.45) is 1.33. The van der Waals surface area contributed by atoms with Crippen molar-refractivity contribution >= 4 is 15.9 Å². The topological polar surface area (TPSA) is 27.7 Å². The van der Waals surface area contributed by atoms with E-state index in [0.717, 1.165) is 6.42 Å². The fraction of sp³-hybridized carbons (Fsp3) is 0.571. The van der Waals surface area contributed by atoms with Gasteiger partial charge in [-0.1, -0.05) is 46.3 Å². The van der Waals surface area contributed by atoms with Crippen molar-refractivity contribution in [1.82, 2.24) is 0 Å². The summed E-state index contributed by atoms with van der Waals surface area (Å²) in [7, 11) is 1.68. The molecular weight excluding hydrogens is 296 g/mol. The van der Waals surface area contributed by atoms with Crippen LogP contribution in [0.4, 0.5) is 0 Å². The maximum Gasteiger partial charge on any atom is 0.0963 e. The fourth-order valence-corrected chi connectivity index (χ4v) is 2.81. The van der Waals surface area contributed by atoms with Gasteiger partial charge in [0, 0.05) is 11.9 Å². The van der Waals surface area contributed by atoms with Gasteiger partial charge in [-0.15, -0.1) is 0 Å². The third-order valence-corrected chi connectivity index (χ3v) is 3.98. The summed E-state index contributed by atoms with van der Waals surface area (Å²) in [6.45, 7) is 1.89. The van der Waals surface area contributed by atoms with Gasteiger partial charge in [-0.25, -0.2) is 0 Å². The molecule has 0 N–H and O–H groups in total. The zero-order chi connectivity index (χ0) is 12.8. The van der Waals surface area contributed by atoms with Crippen molar-refractivity contribution in [2.75, 3.05) is 20.3 Å². The van der Waals surface area contributed by atoms with E-state index in [4.69, 9.17) is 14.2 Å². The highest BCUT2D eigenvalue weighted by Crippen LogP contribution is 2.33. The van der Waals surface area contributed by atoms with Crippen LogP contribution in [-0.2, 0) is 20.8 Å². The first-order chi connectivity index (χ1) is 8.81. The molecule has 3 nitrogen and oxygen atoms in total. The monoisotopic (exact) mass is 314 g/mol.